The molecule has 0 aliphatic carbocycles. The molecule has 0 saturated carbocycles. The first kappa shape index (κ1) is 15.0. The monoisotopic (exact) mass is 290 g/mol. The van der Waals surface area contributed by atoms with Gasteiger partial charge >= 0.3 is 0 Å². The second kappa shape index (κ2) is 6.37. The molecular weight excluding hydrogens is 268 g/mol. The summed E-state index contributed by atoms with van der Waals surface area (Å²) in [4.78, 5) is 4.57. The lowest BCUT2D eigenvalue weighted by Crippen LogP contribution is -2.05. The largest absolute Gasteiger partial charge is 0.487 e. The minimum Gasteiger partial charge on any atom is -0.487 e. The number of aryl methyl sites for hydroxylation is 1. The number of rotatable bonds is 5. The maximum absolute atomic E-state index is 5.88. The van der Waals surface area contributed by atoms with Gasteiger partial charge in [-0.15, -0.1) is 11.3 Å². The first-order valence-electron chi connectivity index (χ1n) is 6.90. The van der Waals surface area contributed by atoms with Crippen molar-refractivity contribution in [3.05, 3.63) is 45.4 Å². The maximum Gasteiger partial charge on any atom is 0.131 e. The topological polar surface area (TPSA) is 48.1 Å². The van der Waals surface area contributed by atoms with Crippen molar-refractivity contribution in [2.24, 2.45) is 5.73 Å². The molecule has 2 rings (SSSR count). The molecule has 1 aromatic carbocycles. The predicted molar refractivity (Wildman–Crippen MR) is 84.3 cm³/mol. The molecule has 2 N–H and O–H groups in total. The van der Waals surface area contributed by atoms with Crippen LogP contribution in [0.3, 0.4) is 0 Å². The van der Waals surface area contributed by atoms with Gasteiger partial charge in [-0.1, -0.05) is 26.0 Å². The number of thiazole rings is 1. The van der Waals surface area contributed by atoms with E-state index in [-0.39, 0.29) is 6.04 Å². The summed E-state index contributed by atoms with van der Waals surface area (Å²) in [7, 11) is 0. The lowest BCUT2D eigenvalue weighted by molar-refractivity contribution is 0.299. The van der Waals surface area contributed by atoms with Gasteiger partial charge in [0.1, 0.15) is 12.4 Å². The third-order valence-corrected chi connectivity index (χ3v) is 4.36. The van der Waals surface area contributed by atoms with E-state index in [1.54, 1.807) is 11.3 Å². The minimum atomic E-state index is 0.0508. The summed E-state index contributed by atoms with van der Waals surface area (Å²) < 4.78 is 5.85. The Morgan fingerprint density at radius 2 is 2.05 bits per heavy atom. The van der Waals surface area contributed by atoms with Crippen LogP contribution in [0.4, 0.5) is 0 Å². The highest BCUT2D eigenvalue weighted by Crippen LogP contribution is 2.24. The number of nitrogens with two attached hydrogens (primary N) is 1. The van der Waals surface area contributed by atoms with Crippen LogP contribution in [0, 0.1) is 6.92 Å². The van der Waals surface area contributed by atoms with Gasteiger partial charge in [0.05, 0.1) is 10.7 Å². The molecule has 0 aliphatic rings. The summed E-state index contributed by atoms with van der Waals surface area (Å²) in [5.41, 5.74) is 9.11. The number of hydrogen-bond acceptors (Lipinski definition) is 4. The van der Waals surface area contributed by atoms with Gasteiger partial charge < -0.3 is 10.5 Å². The van der Waals surface area contributed by atoms with E-state index in [1.807, 2.05) is 26.0 Å². The lowest BCUT2D eigenvalue weighted by atomic mass is 10.1. The van der Waals surface area contributed by atoms with Crippen molar-refractivity contribution in [3.63, 3.8) is 0 Å². The van der Waals surface area contributed by atoms with Gasteiger partial charge in [-0.05, 0) is 31.0 Å². The molecule has 4 heteroatoms. The highest BCUT2D eigenvalue weighted by molar-refractivity contribution is 7.09. The molecule has 1 aromatic heterocycles. The van der Waals surface area contributed by atoms with Crippen molar-refractivity contribution >= 4 is 11.3 Å². The summed E-state index contributed by atoms with van der Waals surface area (Å²) in [5, 5.41) is 3.23. The Bertz CT molecular complexity index is 576. The average molecular weight is 290 g/mol. The van der Waals surface area contributed by atoms with Crippen LogP contribution in [0.5, 0.6) is 5.75 Å². The van der Waals surface area contributed by atoms with Crippen LogP contribution in [-0.2, 0) is 6.61 Å². The van der Waals surface area contributed by atoms with E-state index >= 15 is 0 Å². The molecule has 2 aromatic rings. The standard InChI is InChI=1S/C16H22N2OS/c1-10(2)16-18-14(9-20-16)8-19-15-6-5-13(12(4)17)7-11(15)3/h5-7,9-10,12H,8,17H2,1-4H3. The normalized spacial score (nSPS) is 12.7. The molecule has 0 radical (unpaired) electrons. The Kier molecular flexibility index (Phi) is 4.78. The number of hydrogen-bond donors (Lipinski definition) is 1. The van der Waals surface area contributed by atoms with E-state index in [1.165, 1.54) is 0 Å². The van der Waals surface area contributed by atoms with E-state index in [0.29, 0.717) is 12.5 Å². The average Bonchev–Trinajstić information content (AvgIpc) is 2.86. The third kappa shape index (κ3) is 3.58. The van der Waals surface area contributed by atoms with Crippen LogP contribution in [-0.4, -0.2) is 4.98 Å². The molecule has 108 valence electrons. The van der Waals surface area contributed by atoms with Gasteiger partial charge in [-0.2, -0.15) is 0 Å². The zero-order valence-corrected chi connectivity index (χ0v) is 13.3. The Hall–Kier alpha value is -1.39. The fourth-order valence-electron chi connectivity index (χ4n) is 1.92. The van der Waals surface area contributed by atoms with Gasteiger partial charge in [-0.3, -0.25) is 0 Å². The van der Waals surface area contributed by atoms with Crippen molar-refractivity contribution < 1.29 is 4.74 Å². The molecule has 0 aliphatic heterocycles. The van der Waals surface area contributed by atoms with Crippen LogP contribution in [0.1, 0.15) is 54.6 Å². The summed E-state index contributed by atoms with van der Waals surface area (Å²) >= 11 is 1.70. The number of benzene rings is 1. The first-order chi connectivity index (χ1) is 9.47. The Balaban J connectivity index is 2.03. The third-order valence-electron chi connectivity index (χ3n) is 3.16. The Morgan fingerprint density at radius 1 is 1.30 bits per heavy atom. The smallest absolute Gasteiger partial charge is 0.131 e. The Labute approximate surface area is 124 Å². The Morgan fingerprint density at radius 3 is 2.60 bits per heavy atom. The van der Waals surface area contributed by atoms with E-state index in [4.69, 9.17) is 10.5 Å². The van der Waals surface area contributed by atoms with Crippen molar-refractivity contribution in [2.75, 3.05) is 0 Å². The minimum absolute atomic E-state index is 0.0508. The highest BCUT2D eigenvalue weighted by Gasteiger charge is 2.08. The fourth-order valence-corrected chi connectivity index (χ4v) is 2.74. The summed E-state index contributed by atoms with van der Waals surface area (Å²) in [6, 6.07) is 6.15. The van der Waals surface area contributed by atoms with Gasteiger partial charge in [0.25, 0.3) is 0 Å². The summed E-state index contributed by atoms with van der Waals surface area (Å²) in [6.07, 6.45) is 0. The first-order valence-corrected chi connectivity index (χ1v) is 7.78. The van der Waals surface area contributed by atoms with Gasteiger partial charge in [0.2, 0.25) is 0 Å². The van der Waals surface area contributed by atoms with Gasteiger partial charge in [0, 0.05) is 17.3 Å². The van der Waals surface area contributed by atoms with Crippen LogP contribution in [0.2, 0.25) is 0 Å². The maximum atomic E-state index is 5.88. The van der Waals surface area contributed by atoms with E-state index in [0.717, 1.165) is 27.6 Å². The number of ether oxygens (including phenoxy) is 1. The molecular formula is C16H22N2OS. The molecule has 1 unspecified atom stereocenters. The lowest BCUT2D eigenvalue weighted by Gasteiger charge is -2.11. The van der Waals surface area contributed by atoms with Crippen molar-refractivity contribution in [1.82, 2.24) is 4.98 Å². The van der Waals surface area contributed by atoms with E-state index < -0.39 is 0 Å². The molecule has 20 heavy (non-hydrogen) atoms. The fraction of sp³-hybridized carbons (Fsp3) is 0.438. The molecule has 0 fully saturated rings. The molecule has 0 bridgehead atoms. The second-order valence-electron chi connectivity index (χ2n) is 5.43. The molecule has 0 amide bonds. The molecule has 0 saturated heterocycles. The molecule has 1 heterocycles. The van der Waals surface area contributed by atoms with Gasteiger partial charge in [0.15, 0.2) is 0 Å². The summed E-state index contributed by atoms with van der Waals surface area (Å²) in [6.45, 7) is 8.85. The zero-order valence-electron chi connectivity index (χ0n) is 12.5. The number of nitrogens with zero attached hydrogens (tertiary/aromatic N) is 1. The second-order valence-corrected chi connectivity index (χ2v) is 6.32. The predicted octanol–water partition coefficient (Wildman–Crippen LogP) is 4.17. The van der Waals surface area contributed by atoms with Crippen molar-refractivity contribution in [3.8, 4) is 5.75 Å². The van der Waals surface area contributed by atoms with Crippen LogP contribution >= 0.6 is 11.3 Å². The SMILES string of the molecule is Cc1cc(C(C)N)ccc1OCc1csc(C(C)C)n1. The molecule has 1 atom stereocenters. The number of aromatic nitrogens is 1. The van der Waals surface area contributed by atoms with E-state index in [2.05, 4.69) is 30.3 Å². The van der Waals surface area contributed by atoms with E-state index in [9.17, 15) is 0 Å². The van der Waals surface area contributed by atoms with Crippen LogP contribution < -0.4 is 10.5 Å². The van der Waals surface area contributed by atoms with Crippen LogP contribution in [0.15, 0.2) is 23.6 Å². The molecule has 3 nitrogen and oxygen atoms in total. The highest BCUT2D eigenvalue weighted by atomic mass is 32.1. The van der Waals surface area contributed by atoms with Crippen LogP contribution in [0.25, 0.3) is 0 Å². The summed E-state index contributed by atoms with van der Waals surface area (Å²) in [5.74, 6) is 1.37. The quantitative estimate of drug-likeness (QED) is 0.899. The molecule has 0 spiro atoms. The zero-order chi connectivity index (χ0) is 14.7. The van der Waals surface area contributed by atoms with Crippen molar-refractivity contribution in [2.45, 2.75) is 46.3 Å². The van der Waals surface area contributed by atoms with Crippen molar-refractivity contribution in [1.29, 1.82) is 0 Å². The van der Waals surface area contributed by atoms with Gasteiger partial charge in [-0.25, -0.2) is 4.98 Å².